The largest absolute Gasteiger partial charge is 0.497 e. The van der Waals surface area contributed by atoms with Crippen molar-refractivity contribution in [3.63, 3.8) is 0 Å². The molecule has 0 spiro atoms. The molecular formula is C37H50ClNO5. The summed E-state index contributed by atoms with van der Waals surface area (Å²) in [5.41, 5.74) is 2.52. The fourth-order valence-electron chi connectivity index (χ4n) is 5.73. The van der Waals surface area contributed by atoms with Crippen LogP contribution in [0, 0.1) is 6.92 Å². The Hall–Kier alpha value is -3.12. The maximum absolute atomic E-state index is 13.5. The summed E-state index contributed by atoms with van der Waals surface area (Å²) in [6, 6.07) is 12.2. The lowest BCUT2D eigenvalue weighted by molar-refractivity contribution is -0.143. The standard InChI is InChI=1S/C37H50ClNO5/c1-4-5-6-7-8-9-10-11-12-13-14-15-16-17-31(40)24-25-44-36(41)27-33-28(2)39(35-23-22-32(43-3)26-34(33)35)37(42)29-18-20-30(38)21-19-29/h18-23,26H,4-17,24-25,27H2,1-3H3. The summed E-state index contributed by atoms with van der Waals surface area (Å²) in [7, 11) is 1.58. The monoisotopic (exact) mass is 623 g/mol. The van der Waals surface area contributed by atoms with Crippen molar-refractivity contribution in [3.8, 4) is 5.75 Å². The lowest BCUT2D eigenvalue weighted by Crippen LogP contribution is -2.15. The van der Waals surface area contributed by atoms with E-state index in [2.05, 4.69) is 6.92 Å². The second kappa shape index (κ2) is 19.3. The van der Waals surface area contributed by atoms with Gasteiger partial charge in [-0.15, -0.1) is 0 Å². The van der Waals surface area contributed by atoms with E-state index in [0.29, 0.717) is 39.5 Å². The maximum Gasteiger partial charge on any atom is 0.310 e. The molecule has 0 aliphatic rings. The number of esters is 1. The summed E-state index contributed by atoms with van der Waals surface area (Å²) in [5.74, 6) is 0.115. The van der Waals surface area contributed by atoms with Crippen molar-refractivity contribution in [2.24, 2.45) is 0 Å². The lowest BCUT2D eigenvalue weighted by Gasteiger charge is -2.08. The normalized spacial score (nSPS) is 11.2. The van der Waals surface area contributed by atoms with E-state index in [1.807, 2.05) is 19.1 Å². The van der Waals surface area contributed by atoms with Crippen LogP contribution in [0.4, 0.5) is 0 Å². The Bertz CT molecular complexity index is 1340. The number of Topliss-reactive ketones (excluding diaryl/α,β-unsaturated/α-hetero) is 1. The smallest absolute Gasteiger partial charge is 0.310 e. The van der Waals surface area contributed by atoms with Gasteiger partial charge in [-0.05, 0) is 61.4 Å². The number of ketones is 1. The number of benzene rings is 2. The van der Waals surface area contributed by atoms with E-state index < -0.39 is 5.97 Å². The van der Waals surface area contributed by atoms with Crippen LogP contribution in [0.25, 0.3) is 10.9 Å². The number of carbonyl (C=O) groups excluding carboxylic acids is 3. The molecule has 7 heteroatoms. The molecule has 240 valence electrons. The average molecular weight is 624 g/mol. The molecule has 2 aromatic carbocycles. The van der Waals surface area contributed by atoms with Gasteiger partial charge in [-0.3, -0.25) is 19.0 Å². The minimum absolute atomic E-state index is 0.0105. The number of ether oxygens (including phenoxy) is 2. The van der Waals surface area contributed by atoms with E-state index in [4.69, 9.17) is 21.1 Å². The molecule has 0 unspecified atom stereocenters. The molecule has 1 heterocycles. The summed E-state index contributed by atoms with van der Waals surface area (Å²) >= 11 is 6.01. The summed E-state index contributed by atoms with van der Waals surface area (Å²) in [6.45, 7) is 4.15. The second-order valence-electron chi connectivity index (χ2n) is 11.8. The zero-order chi connectivity index (χ0) is 31.7. The van der Waals surface area contributed by atoms with Gasteiger partial charge in [0.15, 0.2) is 0 Å². The molecule has 0 N–H and O–H groups in total. The quantitative estimate of drug-likeness (QED) is 0.0872. The van der Waals surface area contributed by atoms with Crippen LogP contribution in [0.15, 0.2) is 42.5 Å². The number of nitrogens with zero attached hydrogens (tertiary/aromatic N) is 1. The minimum atomic E-state index is -0.428. The SMILES string of the molecule is CCCCCCCCCCCCCCCC(=O)CCOC(=O)Cc1c(C)n(C(=O)c2ccc(Cl)cc2)c2ccc(OC)cc12. The molecule has 0 bridgehead atoms. The molecule has 0 saturated carbocycles. The fourth-order valence-corrected chi connectivity index (χ4v) is 5.86. The summed E-state index contributed by atoms with van der Waals surface area (Å²) in [6.07, 6.45) is 17.3. The van der Waals surface area contributed by atoms with Gasteiger partial charge in [0, 0.05) is 34.5 Å². The van der Waals surface area contributed by atoms with Gasteiger partial charge in [0.05, 0.1) is 25.7 Å². The van der Waals surface area contributed by atoms with Gasteiger partial charge >= 0.3 is 5.97 Å². The maximum atomic E-state index is 13.5. The third-order valence-corrected chi connectivity index (χ3v) is 8.61. The molecule has 0 saturated heterocycles. The van der Waals surface area contributed by atoms with E-state index in [-0.39, 0.29) is 31.1 Å². The molecule has 6 nitrogen and oxygen atoms in total. The minimum Gasteiger partial charge on any atom is -0.497 e. The molecule has 0 radical (unpaired) electrons. The molecule has 44 heavy (non-hydrogen) atoms. The van der Waals surface area contributed by atoms with Gasteiger partial charge in [-0.25, -0.2) is 0 Å². The van der Waals surface area contributed by atoms with Crippen molar-refractivity contribution in [2.75, 3.05) is 13.7 Å². The van der Waals surface area contributed by atoms with Gasteiger partial charge in [0.2, 0.25) is 0 Å². The van der Waals surface area contributed by atoms with Crippen molar-refractivity contribution in [3.05, 3.63) is 64.3 Å². The van der Waals surface area contributed by atoms with Crippen LogP contribution < -0.4 is 4.74 Å². The first-order valence-electron chi connectivity index (χ1n) is 16.5. The third kappa shape index (κ3) is 11.1. The Balaban J connectivity index is 1.41. The van der Waals surface area contributed by atoms with Gasteiger partial charge in [0.25, 0.3) is 5.91 Å². The van der Waals surface area contributed by atoms with Crippen LogP contribution in [-0.2, 0) is 20.7 Å². The first kappa shape index (κ1) is 35.4. The Kier molecular flexibility index (Phi) is 15.5. The number of rotatable bonds is 21. The molecule has 3 aromatic rings. The first-order valence-corrected chi connectivity index (χ1v) is 16.9. The highest BCUT2D eigenvalue weighted by Gasteiger charge is 2.22. The molecule has 0 atom stereocenters. The van der Waals surface area contributed by atoms with E-state index in [1.165, 1.54) is 70.6 Å². The van der Waals surface area contributed by atoms with Crippen molar-refractivity contribution in [1.82, 2.24) is 4.57 Å². The molecule has 0 fully saturated rings. The topological polar surface area (TPSA) is 74.6 Å². The molecule has 0 amide bonds. The average Bonchev–Trinajstić information content (AvgIpc) is 3.29. The number of carbonyl (C=O) groups is 3. The fraction of sp³-hybridized carbons (Fsp3) is 0.541. The number of unbranched alkanes of at least 4 members (excludes halogenated alkanes) is 12. The number of aromatic nitrogens is 1. The van der Waals surface area contributed by atoms with Crippen molar-refractivity contribution in [1.29, 1.82) is 0 Å². The lowest BCUT2D eigenvalue weighted by atomic mass is 10.0. The highest BCUT2D eigenvalue weighted by atomic mass is 35.5. The number of hydrogen-bond donors (Lipinski definition) is 0. The van der Waals surface area contributed by atoms with Crippen LogP contribution in [0.2, 0.25) is 5.02 Å². The summed E-state index contributed by atoms with van der Waals surface area (Å²) < 4.78 is 12.5. The van der Waals surface area contributed by atoms with Crippen molar-refractivity contribution >= 4 is 40.2 Å². The predicted octanol–water partition coefficient (Wildman–Crippen LogP) is 9.83. The Morgan fingerprint density at radius 3 is 1.95 bits per heavy atom. The summed E-state index contributed by atoms with van der Waals surface area (Å²) in [4.78, 5) is 38.7. The number of hydrogen-bond acceptors (Lipinski definition) is 5. The Morgan fingerprint density at radius 2 is 1.36 bits per heavy atom. The van der Waals surface area contributed by atoms with E-state index in [9.17, 15) is 14.4 Å². The number of methoxy groups -OCH3 is 1. The van der Waals surface area contributed by atoms with Gasteiger partial charge in [0.1, 0.15) is 11.5 Å². The van der Waals surface area contributed by atoms with Crippen LogP contribution in [0.5, 0.6) is 5.75 Å². The van der Waals surface area contributed by atoms with Crippen LogP contribution in [0.3, 0.4) is 0 Å². The zero-order valence-electron chi connectivity index (χ0n) is 26.9. The molecule has 0 aliphatic carbocycles. The molecule has 3 rings (SSSR count). The van der Waals surface area contributed by atoms with Crippen LogP contribution >= 0.6 is 11.6 Å². The van der Waals surface area contributed by atoms with E-state index in [0.717, 1.165) is 18.2 Å². The second-order valence-corrected chi connectivity index (χ2v) is 12.2. The first-order chi connectivity index (χ1) is 21.3. The molecule has 0 aliphatic heterocycles. The highest BCUT2D eigenvalue weighted by Crippen LogP contribution is 2.31. The van der Waals surface area contributed by atoms with Crippen LogP contribution in [-0.4, -0.2) is 35.9 Å². The highest BCUT2D eigenvalue weighted by molar-refractivity contribution is 6.30. The Labute approximate surface area is 268 Å². The number of halogens is 1. The van der Waals surface area contributed by atoms with E-state index >= 15 is 0 Å². The van der Waals surface area contributed by atoms with Crippen LogP contribution in [0.1, 0.15) is 125 Å². The van der Waals surface area contributed by atoms with Gasteiger partial charge in [-0.1, -0.05) is 95.6 Å². The van der Waals surface area contributed by atoms with Crippen molar-refractivity contribution in [2.45, 2.75) is 117 Å². The summed E-state index contributed by atoms with van der Waals surface area (Å²) in [5, 5.41) is 1.30. The van der Waals surface area contributed by atoms with Gasteiger partial charge < -0.3 is 9.47 Å². The molecular weight excluding hydrogens is 574 g/mol. The van der Waals surface area contributed by atoms with Gasteiger partial charge in [-0.2, -0.15) is 0 Å². The third-order valence-electron chi connectivity index (χ3n) is 8.36. The van der Waals surface area contributed by atoms with E-state index in [1.54, 1.807) is 42.0 Å². The number of fused-ring (bicyclic) bond motifs is 1. The predicted molar refractivity (Wildman–Crippen MR) is 179 cm³/mol. The zero-order valence-corrected chi connectivity index (χ0v) is 27.7. The Morgan fingerprint density at radius 1 is 0.773 bits per heavy atom. The molecule has 1 aromatic heterocycles. The van der Waals surface area contributed by atoms with Crippen molar-refractivity contribution < 1.29 is 23.9 Å².